The van der Waals surface area contributed by atoms with Crippen molar-refractivity contribution in [2.75, 3.05) is 7.11 Å². The summed E-state index contributed by atoms with van der Waals surface area (Å²) in [6, 6.07) is 4.94. The number of benzene rings is 1. The average Bonchev–Trinajstić information content (AvgIpc) is 3.01. The van der Waals surface area contributed by atoms with Crippen LogP contribution in [0.5, 0.6) is 0 Å². The van der Waals surface area contributed by atoms with Crippen LogP contribution in [0, 0.1) is 6.92 Å². The molecule has 128 valence electrons. The van der Waals surface area contributed by atoms with E-state index < -0.39 is 16.0 Å². The molecule has 0 saturated heterocycles. The lowest BCUT2D eigenvalue weighted by atomic mass is 9.85. The van der Waals surface area contributed by atoms with Crippen molar-refractivity contribution in [1.82, 2.24) is 14.9 Å². The summed E-state index contributed by atoms with van der Waals surface area (Å²) in [4.78, 5) is 12.1. The molecule has 0 saturated carbocycles. The van der Waals surface area contributed by atoms with Gasteiger partial charge in [0.2, 0.25) is 10.0 Å². The van der Waals surface area contributed by atoms with E-state index in [1.165, 1.54) is 13.3 Å². The molecular weight excluding hydrogens is 330 g/mol. The number of methoxy groups -OCH3 is 1. The number of carbonyl (C=O) groups excluding carboxylic acids is 1. The summed E-state index contributed by atoms with van der Waals surface area (Å²) in [7, 11) is -2.35. The van der Waals surface area contributed by atoms with Gasteiger partial charge in [0.05, 0.1) is 24.6 Å². The summed E-state index contributed by atoms with van der Waals surface area (Å²) < 4.78 is 32.8. The van der Waals surface area contributed by atoms with Crippen LogP contribution in [0.1, 0.15) is 46.1 Å². The van der Waals surface area contributed by atoms with Gasteiger partial charge in [0.15, 0.2) is 0 Å². The Hall–Kier alpha value is -2.19. The van der Waals surface area contributed by atoms with Gasteiger partial charge in [-0.15, -0.1) is 0 Å². The first kappa shape index (κ1) is 16.7. The highest BCUT2D eigenvalue weighted by Crippen LogP contribution is 2.33. The first-order chi connectivity index (χ1) is 11.4. The first-order valence-electron chi connectivity index (χ1n) is 7.66. The molecule has 0 bridgehead atoms. The second-order valence-corrected chi connectivity index (χ2v) is 7.47. The number of rotatable bonds is 4. The van der Waals surface area contributed by atoms with Gasteiger partial charge >= 0.3 is 5.97 Å². The van der Waals surface area contributed by atoms with Crippen LogP contribution < -0.4 is 4.72 Å². The number of hydrogen-bond donors (Lipinski definition) is 2. The quantitative estimate of drug-likeness (QED) is 0.821. The number of fused-ring (bicyclic) bond motifs is 1. The second kappa shape index (κ2) is 6.37. The highest BCUT2D eigenvalue weighted by Gasteiger charge is 2.29. The van der Waals surface area contributed by atoms with Gasteiger partial charge in [-0.2, -0.15) is 5.10 Å². The van der Waals surface area contributed by atoms with Gasteiger partial charge in [0, 0.05) is 6.04 Å². The van der Waals surface area contributed by atoms with E-state index in [4.69, 9.17) is 4.74 Å². The highest BCUT2D eigenvalue weighted by molar-refractivity contribution is 7.89. The molecule has 1 aliphatic carbocycles. The number of sulfonamides is 1. The van der Waals surface area contributed by atoms with E-state index in [-0.39, 0.29) is 10.9 Å². The number of aryl methyl sites for hydroxylation is 1. The Kier molecular flexibility index (Phi) is 4.42. The van der Waals surface area contributed by atoms with Crippen molar-refractivity contribution in [2.24, 2.45) is 0 Å². The van der Waals surface area contributed by atoms with Crippen LogP contribution in [0.3, 0.4) is 0 Å². The van der Waals surface area contributed by atoms with Crippen LogP contribution in [0.2, 0.25) is 0 Å². The van der Waals surface area contributed by atoms with Crippen molar-refractivity contribution in [2.45, 2.75) is 37.1 Å². The standard InChI is InChI=1S/C16H19N3O4S/c1-10-15(9-17-18-10)24(21,22)19-14-8-4-5-11-12(14)6-3-7-13(11)16(20)23-2/h3,6-7,9,14,19H,4-5,8H2,1-2H3,(H,17,18). The number of hydrogen-bond acceptors (Lipinski definition) is 5. The Labute approximate surface area is 140 Å². The molecule has 0 amide bonds. The number of H-pyrrole nitrogens is 1. The molecule has 3 rings (SSSR count). The molecule has 1 aromatic heterocycles. The molecule has 0 fully saturated rings. The van der Waals surface area contributed by atoms with Crippen molar-refractivity contribution >= 4 is 16.0 Å². The molecule has 1 aliphatic rings. The molecule has 0 aliphatic heterocycles. The van der Waals surface area contributed by atoms with Crippen molar-refractivity contribution < 1.29 is 17.9 Å². The second-order valence-electron chi connectivity index (χ2n) is 5.79. The van der Waals surface area contributed by atoms with E-state index in [9.17, 15) is 13.2 Å². The third-order valence-electron chi connectivity index (χ3n) is 4.28. The zero-order chi connectivity index (χ0) is 17.3. The van der Waals surface area contributed by atoms with Gasteiger partial charge in [-0.05, 0) is 43.4 Å². The lowest BCUT2D eigenvalue weighted by Crippen LogP contribution is -2.32. The molecule has 8 heteroatoms. The summed E-state index contributed by atoms with van der Waals surface area (Å²) in [5.74, 6) is -0.402. The average molecular weight is 349 g/mol. The normalized spacial score (nSPS) is 17.3. The monoisotopic (exact) mass is 349 g/mol. The minimum absolute atomic E-state index is 0.138. The predicted octanol–water partition coefficient (Wildman–Crippen LogP) is 1.86. The van der Waals surface area contributed by atoms with Crippen LogP contribution in [0.25, 0.3) is 0 Å². The SMILES string of the molecule is COC(=O)c1cccc2c1CCCC2NS(=O)(=O)c1cn[nH]c1C. The lowest BCUT2D eigenvalue weighted by molar-refractivity contribution is 0.0599. The van der Waals surface area contributed by atoms with E-state index in [1.54, 1.807) is 19.1 Å². The molecule has 1 unspecified atom stereocenters. The number of aromatic nitrogens is 2. The summed E-state index contributed by atoms with van der Waals surface area (Å²) in [5.41, 5.74) is 2.67. The summed E-state index contributed by atoms with van der Waals surface area (Å²) in [6.45, 7) is 1.66. The molecule has 0 radical (unpaired) electrons. The van der Waals surface area contributed by atoms with E-state index in [1.807, 2.05) is 6.07 Å². The lowest BCUT2D eigenvalue weighted by Gasteiger charge is -2.27. The number of carbonyl (C=O) groups is 1. The Bertz CT molecular complexity index is 873. The Morgan fingerprint density at radius 1 is 1.42 bits per heavy atom. The first-order valence-corrected chi connectivity index (χ1v) is 9.14. The third kappa shape index (κ3) is 2.94. The van der Waals surface area contributed by atoms with Crippen LogP contribution in [-0.2, 0) is 21.2 Å². The van der Waals surface area contributed by atoms with Crippen LogP contribution in [0.4, 0.5) is 0 Å². The molecular formula is C16H19N3O4S. The molecule has 1 atom stereocenters. The van der Waals surface area contributed by atoms with Crippen molar-refractivity contribution in [1.29, 1.82) is 0 Å². The smallest absolute Gasteiger partial charge is 0.338 e. The maximum absolute atomic E-state index is 12.6. The summed E-state index contributed by atoms with van der Waals surface area (Å²) >= 11 is 0. The van der Waals surface area contributed by atoms with E-state index >= 15 is 0 Å². The fraction of sp³-hybridized carbons (Fsp3) is 0.375. The van der Waals surface area contributed by atoms with E-state index in [2.05, 4.69) is 14.9 Å². The van der Waals surface area contributed by atoms with Crippen molar-refractivity contribution in [3.8, 4) is 0 Å². The number of aromatic amines is 1. The Morgan fingerprint density at radius 2 is 2.21 bits per heavy atom. The predicted molar refractivity (Wildman–Crippen MR) is 87.1 cm³/mol. The molecule has 2 N–H and O–H groups in total. The van der Waals surface area contributed by atoms with Gasteiger partial charge in [0.1, 0.15) is 4.90 Å². The van der Waals surface area contributed by atoms with E-state index in [0.29, 0.717) is 17.7 Å². The van der Waals surface area contributed by atoms with Gasteiger partial charge in [-0.1, -0.05) is 12.1 Å². The zero-order valence-electron chi connectivity index (χ0n) is 13.5. The largest absolute Gasteiger partial charge is 0.465 e. The fourth-order valence-corrected chi connectivity index (χ4v) is 4.52. The molecule has 1 heterocycles. The van der Waals surface area contributed by atoms with Crippen LogP contribution in [0.15, 0.2) is 29.3 Å². The summed E-state index contributed by atoms with van der Waals surface area (Å²) in [6.07, 6.45) is 3.49. The topological polar surface area (TPSA) is 101 Å². The highest BCUT2D eigenvalue weighted by atomic mass is 32.2. The molecule has 7 nitrogen and oxygen atoms in total. The van der Waals surface area contributed by atoms with Gasteiger partial charge < -0.3 is 4.74 Å². The minimum atomic E-state index is -3.69. The van der Waals surface area contributed by atoms with Crippen molar-refractivity contribution in [3.63, 3.8) is 0 Å². The van der Waals surface area contributed by atoms with Crippen LogP contribution in [-0.4, -0.2) is 31.7 Å². The van der Waals surface area contributed by atoms with Gasteiger partial charge in [0.25, 0.3) is 0 Å². The Balaban J connectivity index is 1.96. The number of esters is 1. The number of ether oxygens (including phenoxy) is 1. The Morgan fingerprint density at radius 3 is 2.88 bits per heavy atom. The van der Waals surface area contributed by atoms with Crippen molar-refractivity contribution in [3.05, 3.63) is 46.8 Å². The third-order valence-corrected chi connectivity index (χ3v) is 5.87. The maximum atomic E-state index is 12.6. The summed E-state index contributed by atoms with van der Waals surface area (Å²) in [5, 5.41) is 6.40. The molecule has 1 aromatic carbocycles. The maximum Gasteiger partial charge on any atom is 0.338 e. The van der Waals surface area contributed by atoms with E-state index in [0.717, 1.165) is 24.0 Å². The number of nitrogens with one attached hydrogen (secondary N) is 2. The van der Waals surface area contributed by atoms with Gasteiger partial charge in [-0.3, -0.25) is 5.10 Å². The molecule has 2 aromatic rings. The minimum Gasteiger partial charge on any atom is -0.465 e. The van der Waals surface area contributed by atoms with Gasteiger partial charge in [-0.25, -0.2) is 17.9 Å². The number of nitrogens with zero attached hydrogens (tertiary/aromatic N) is 1. The molecule has 24 heavy (non-hydrogen) atoms. The van der Waals surface area contributed by atoms with Crippen LogP contribution >= 0.6 is 0 Å². The zero-order valence-corrected chi connectivity index (χ0v) is 14.3. The molecule has 0 spiro atoms. The fourth-order valence-electron chi connectivity index (χ4n) is 3.13.